The Morgan fingerprint density at radius 3 is 2.76 bits per heavy atom. The molecule has 8 heteroatoms. The summed E-state index contributed by atoms with van der Waals surface area (Å²) in [7, 11) is 0. The number of carbonyl (C=O) groups is 1. The third-order valence-corrected chi connectivity index (χ3v) is 4.04. The Balaban J connectivity index is 2.38. The summed E-state index contributed by atoms with van der Waals surface area (Å²) in [4.78, 5) is 21.4. The lowest BCUT2D eigenvalue weighted by atomic mass is 10.0. The number of rotatable bonds is 5. The number of halogens is 1. The van der Waals surface area contributed by atoms with E-state index < -0.39 is 10.9 Å². The molecule has 1 fully saturated rings. The number of nitro benzene ring substituents is 1. The highest BCUT2D eigenvalue weighted by Crippen LogP contribution is 2.35. The fourth-order valence-electron chi connectivity index (χ4n) is 2.64. The van der Waals surface area contributed by atoms with E-state index in [2.05, 4.69) is 5.32 Å². The number of aliphatic hydroxyl groups is 1. The fraction of sp³-hybridized carbons (Fsp3) is 0.462. The van der Waals surface area contributed by atoms with E-state index >= 15 is 0 Å². The van der Waals surface area contributed by atoms with Gasteiger partial charge in [-0.3, -0.25) is 10.1 Å². The molecule has 0 radical (unpaired) electrons. The topological polar surface area (TPSA) is 113 Å². The summed E-state index contributed by atoms with van der Waals surface area (Å²) < 4.78 is 0. The second kappa shape index (κ2) is 6.28. The van der Waals surface area contributed by atoms with Crippen LogP contribution in [0.1, 0.15) is 29.6 Å². The molecule has 7 nitrogen and oxygen atoms in total. The number of aliphatic hydroxyl groups excluding tert-OH is 1. The molecule has 3 N–H and O–H groups in total. The smallest absolute Gasteiger partial charge is 0.338 e. The molecule has 0 saturated heterocycles. The van der Waals surface area contributed by atoms with Crippen LogP contribution in [0, 0.1) is 16.0 Å². The summed E-state index contributed by atoms with van der Waals surface area (Å²) >= 11 is 6.00. The molecule has 0 heterocycles. The molecule has 0 amide bonds. The van der Waals surface area contributed by atoms with Crippen LogP contribution < -0.4 is 5.32 Å². The first kappa shape index (κ1) is 15.5. The van der Waals surface area contributed by atoms with E-state index in [1.807, 2.05) is 0 Å². The molecule has 0 bridgehead atoms. The molecule has 2 atom stereocenters. The van der Waals surface area contributed by atoms with Crippen molar-refractivity contribution in [3.8, 4) is 0 Å². The van der Waals surface area contributed by atoms with Gasteiger partial charge in [-0.05, 0) is 12.8 Å². The number of non-ortho nitro benzene ring substituents is 1. The SMILES string of the molecule is O=C(O)c1cc([N+](=O)[O-])cc(Cl)c1NC1CCCC1CO. The Labute approximate surface area is 125 Å². The van der Waals surface area contributed by atoms with Crippen LogP contribution in [0.3, 0.4) is 0 Å². The van der Waals surface area contributed by atoms with Gasteiger partial charge in [0.2, 0.25) is 0 Å². The molecule has 1 aliphatic rings. The van der Waals surface area contributed by atoms with Crippen molar-refractivity contribution in [2.75, 3.05) is 11.9 Å². The number of benzene rings is 1. The van der Waals surface area contributed by atoms with E-state index in [9.17, 15) is 25.1 Å². The van der Waals surface area contributed by atoms with Gasteiger partial charge < -0.3 is 15.5 Å². The highest BCUT2D eigenvalue weighted by Gasteiger charge is 2.29. The van der Waals surface area contributed by atoms with E-state index in [0.717, 1.165) is 31.4 Å². The van der Waals surface area contributed by atoms with Crippen LogP contribution in [-0.2, 0) is 0 Å². The fourth-order valence-corrected chi connectivity index (χ4v) is 2.91. The summed E-state index contributed by atoms with van der Waals surface area (Å²) in [6.45, 7) is 0.00463. The van der Waals surface area contributed by atoms with Crippen molar-refractivity contribution in [2.45, 2.75) is 25.3 Å². The standard InChI is InChI=1S/C13H15ClN2O5/c14-10-5-8(16(20)21)4-9(13(18)19)12(10)15-11-3-1-2-7(11)6-17/h4-5,7,11,15,17H,1-3,6H2,(H,18,19). The number of anilines is 1. The number of carboxylic acids is 1. The second-order valence-corrected chi connectivity index (χ2v) is 5.44. The number of nitro groups is 1. The van der Waals surface area contributed by atoms with Crippen LogP contribution in [0.15, 0.2) is 12.1 Å². The number of hydrogen-bond donors (Lipinski definition) is 3. The summed E-state index contributed by atoms with van der Waals surface area (Å²) in [5.74, 6) is -1.26. The first-order chi connectivity index (χ1) is 9.93. The maximum Gasteiger partial charge on any atom is 0.338 e. The molecule has 0 spiro atoms. The van der Waals surface area contributed by atoms with E-state index in [1.54, 1.807) is 0 Å². The van der Waals surface area contributed by atoms with Crippen molar-refractivity contribution in [3.05, 3.63) is 32.8 Å². The van der Waals surface area contributed by atoms with E-state index in [0.29, 0.717) is 0 Å². The van der Waals surface area contributed by atoms with Crippen molar-refractivity contribution in [1.82, 2.24) is 0 Å². The molecule has 1 saturated carbocycles. The van der Waals surface area contributed by atoms with Crippen molar-refractivity contribution in [1.29, 1.82) is 0 Å². The maximum absolute atomic E-state index is 11.3. The van der Waals surface area contributed by atoms with Gasteiger partial charge in [0.1, 0.15) is 0 Å². The number of carboxylic acid groups (broad SMARTS) is 1. The Morgan fingerprint density at radius 1 is 1.48 bits per heavy atom. The monoisotopic (exact) mass is 314 g/mol. The Bertz CT molecular complexity index is 578. The Morgan fingerprint density at radius 2 is 2.19 bits per heavy atom. The predicted molar refractivity (Wildman–Crippen MR) is 76.9 cm³/mol. The van der Waals surface area contributed by atoms with Gasteiger partial charge in [-0.25, -0.2) is 4.79 Å². The molecular formula is C13H15ClN2O5. The third-order valence-electron chi connectivity index (χ3n) is 3.74. The number of nitrogens with one attached hydrogen (secondary N) is 1. The molecule has 1 aliphatic carbocycles. The van der Waals surface area contributed by atoms with E-state index in [4.69, 9.17) is 11.6 Å². The minimum absolute atomic E-state index is 0.00463. The molecule has 1 aromatic rings. The summed E-state index contributed by atoms with van der Waals surface area (Å²) in [6, 6.07) is 2.02. The molecule has 1 aromatic carbocycles. The van der Waals surface area contributed by atoms with Crippen LogP contribution in [0.4, 0.5) is 11.4 Å². The van der Waals surface area contributed by atoms with Gasteiger partial charge in [0.25, 0.3) is 5.69 Å². The van der Waals surface area contributed by atoms with Crippen LogP contribution in [0.25, 0.3) is 0 Å². The number of aromatic carboxylic acids is 1. The van der Waals surface area contributed by atoms with E-state index in [1.165, 1.54) is 0 Å². The lowest BCUT2D eigenvalue weighted by molar-refractivity contribution is -0.384. The largest absolute Gasteiger partial charge is 0.478 e. The molecule has 21 heavy (non-hydrogen) atoms. The van der Waals surface area contributed by atoms with Crippen molar-refractivity contribution in [2.24, 2.45) is 5.92 Å². The molecular weight excluding hydrogens is 300 g/mol. The summed E-state index contributed by atoms with van der Waals surface area (Å²) in [5.41, 5.74) is -0.439. The van der Waals surface area contributed by atoms with Crippen LogP contribution >= 0.6 is 11.6 Å². The summed E-state index contributed by atoms with van der Waals surface area (Å²) in [6.07, 6.45) is 2.56. The van der Waals surface area contributed by atoms with Gasteiger partial charge in [-0.2, -0.15) is 0 Å². The lowest BCUT2D eigenvalue weighted by Crippen LogP contribution is -2.27. The van der Waals surface area contributed by atoms with Gasteiger partial charge in [0.05, 0.1) is 21.2 Å². The van der Waals surface area contributed by atoms with E-state index in [-0.39, 0.29) is 40.5 Å². The van der Waals surface area contributed by atoms with Crippen molar-refractivity contribution < 1.29 is 19.9 Å². The highest BCUT2D eigenvalue weighted by molar-refractivity contribution is 6.34. The van der Waals surface area contributed by atoms with Crippen LogP contribution in [0.2, 0.25) is 5.02 Å². The minimum atomic E-state index is -1.29. The second-order valence-electron chi connectivity index (χ2n) is 5.04. The average Bonchev–Trinajstić information content (AvgIpc) is 2.87. The normalized spacial score (nSPS) is 21.2. The van der Waals surface area contributed by atoms with Crippen molar-refractivity contribution in [3.63, 3.8) is 0 Å². The first-order valence-electron chi connectivity index (χ1n) is 6.52. The first-order valence-corrected chi connectivity index (χ1v) is 6.90. The lowest BCUT2D eigenvalue weighted by Gasteiger charge is -2.22. The van der Waals surface area contributed by atoms with Gasteiger partial charge in [-0.15, -0.1) is 0 Å². The quantitative estimate of drug-likeness (QED) is 0.568. The van der Waals surface area contributed by atoms with Gasteiger partial charge >= 0.3 is 5.97 Å². The number of hydrogen-bond acceptors (Lipinski definition) is 5. The maximum atomic E-state index is 11.3. The predicted octanol–water partition coefficient (Wildman–Crippen LogP) is 2.52. The Hall–Kier alpha value is -1.86. The molecule has 0 aromatic heterocycles. The molecule has 114 valence electrons. The van der Waals surface area contributed by atoms with Gasteiger partial charge in [0.15, 0.2) is 0 Å². The Kier molecular flexibility index (Phi) is 4.64. The van der Waals surface area contributed by atoms with Gasteiger partial charge in [-0.1, -0.05) is 18.0 Å². The van der Waals surface area contributed by atoms with Gasteiger partial charge in [0, 0.05) is 30.7 Å². The van der Waals surface area contributed by atoms with Crippen molar-refractivity contribution >= 4 is 28.9 Å². The molecule has 2 unspecified atom stereocenters. The van der Waals surface area contributed by atoms with Crippen LogP contribution in [-0.4, -0.2) is 33.8 Å². The number of nitrogens with zero attached hydrogens (tertiary/aromatic N) is 1. The highest BCUT2D eigenvalue weighted by atomic mass is 35.5. The van der Waals surface area contributed by atoms with Crippen LogP contribution in [0.5, 0.6) is 0 Å². The third kappa shape index (κ3) is 3.25. The zero-order chi connectivity index (χ0) is 15.6. The zero-order valence-electron chi connectivity index (χ0n) is 11.1. The summed E-state index contributed by atoms with van der Waals surface area (Å²) in [5, 5.41) is 32.3. The average molecular weight is 315 g/mol. The molecule has 2 rings (SSSR count). The minimum Gasteiger partial charge on any atom is -0.478 e. The zero-order valence-corrected chi connectivity index (χ0v) is 11.8. The molecule has 0 aliphatic heterocycles.